The summed E-state index contributed by atoms with van der Waals surface area (Å²) in [4.78, 5) is 36.5. The van der Waals surface area contributed by atoms with Crippen LogP contribution >= 0.6 is 11.6 Å². The van der Waals surface area contributed by atoms with Gasteiger partial charge in [0.05, 0.1) is 11.0 Å². The van der Waals surface area contributed by atoms with Gasteiger partial charge in [-0.2, -0.15) is 0 Å². The first-order valence-electron chi connectivity index (χ1n) is 13.5. The maximum atomic E-state index is 13.4. The highest BCUT2D eigenvalue weighted by molar-refractivity contribution is 6.26. The molecule has 0 radical (unpaired) electrons. The van der Waals surface area contributed by atoms with Crippen molar-refractivity contribution in [3.8, 4) is 0 Å². The number of carbonyl (C=O) groups is 3. The first-order valence-corrected chi connectivity index (χ1v) is 11.4. The Morgan fingerprint density at radius 1 is 1.38 bits per heavy atom. The molecule has 0 aliphatic heterocycles. The number of allylic oxidation sites excluding steroid dienone is 4. The third-order valence-electron chi connectivity index (χ3n) is 9.08. The van der Waals surface area contributed by atoms with Crippen LogP contribution in [0.25, 0.3) is 0 Å². The van der Waals surface area contributed by atoms with Gasteiger partial charge >= 0.3 is 5.97 Å². The van der Waals surface area contributed by atoms with Crippen LogP contribution in [-0.2, 0) is 19.1 Å². The number of alkyl halides is 1. The second-order valence-electron chi connectivity index (χ2n) is 10.3. The van der Waals surface area contributed by atoms with Gasteiger partial charge in [0, 0.05) is 24.1 Å². The summed E-state index contributed by atoms with van der Waals surface area (Å²) in [5.41, 5.74) is -3.12. The first kappa shape index (κ1) is 17.9. The second kappa shape index (κ2) is 7.51. The topological polar surface area (TPSA) is 101 Å². The molecule has 6 nitrogen and oxygen atoms in total. The molecular weight excluding hydrogens is 432 g/mol. The van der Waals surface area contributed by atoms with Gasteiger partial charge in [0.2, 0.25) is 5.78 Å². The summed E-state index contributed by atoms with van der Waals surface area (Å²) >= 11 is 7.35. The molecule has 0 aromatic heterocycles. The number of Topliss-reactive ketones (excluding diaryl/α,β-unsaturated/α-hetero) is 1. The van der Waals surface area contributed by atoms with Crippen molar-refractivity contribution in [3.05, 3.63) is 23.8 Å². The average molecular weight is 470 g/mol. The Morgan fingerprint density at radius 3 is 2.78 bits per heavy atom. The molecule has 4 aliphatic rings. The minimum Gasteiger partial charge on any atom is -0.458 e. The van der Waals surface area contributed by atoms with Crippen LogP contribution in [-0.4, -0.2) is 50.9 Å². The molecule has 4 aliphatic carbocycles. The molecule has 0 aromatic carbocycles. The molecule has 0 amide bonds. The third-order valence-corrected chi connectivity index (χ3v) is 10.0. The second-order valence-corrected chi connectivity index (χ2v) is 10.9. The van der Waals surface area contributed by atoms with Gasteiger partial charge < -0.3 is 14.9 Å². The maximum Gasteiger partial charge on any atom is 0.305 e. The summed E-state index contributed by atoms with van der Waals surface area (Å²) in [6.07, 6.45) is 1.82. The highest BCUT2D eigenvalue weighted by atomic mass is 35.5. The van der Waals surface area contributed by atoms with Crippen LogP contribution in [0.4, 0.5) is 0 Å². The largest absolute Gasteiger partial charge is 0.458 e. The molecule has 2 N–H and O–H groups in total. The van der Waals surface area contributed by atoms with E-state index in [2.05, 4.69) is 0 Å². The van der Waals surface area contributed by atoms with Gasteiger partial charge in [0.15, 0.2) is 12.4 Å². The number of aliphatic hydroxyl groups is 2. The van der Waals surface area contributed by atoms with Crippen molar-refractivity contribution in [2.45, 2.75) is 76.3 Å². The fraction of sp³-hybridized carbons (Fsp3) is 0.720. The van der Waals surface area contributed by atoms with Crippen molar-refractivity contribution >= 4 is 29.1 Å². The van der Waals surface area contributed by atoms with Crippen molar-refractivity contribution in [1.82, 2.24) is 0 Å². The molecule has 0 spiro atoms. The molecular formula is C25H33ClO6. The van der Waals surface area contributed by atoms with Gasteiger partial charge in [-0.25, -0.2) is 0 Å². The lowest BCUT2D eigenvalue weighted by Crippen LogP contribution is -2.69. The van der Waals surface area contributed by atoms with Crippen LogP contribution in [0.1, 0.15) is 66.5 Å². The lowest BCUT2D eigenvalue weighted by atomic mass is 9.45. The third kappa shape index (κ3) is 2.82. The van der Waals surface area contributed by atoms with Crippen molar-refractivity contribution in [1.29, 1.82) is 0 Å². The van der Waals surface area contributed by atoms with Gasteiger partial charge in [0.1, 0.15) is 5.60 Å². The standard InChI is InChI=1S/C25H33ClO6/c1-5-21(30)32-13-20(29)25(31)14(2)10-18-17-7-6-15-11-16(27)8-9-22(15,3)24(17,26)19(28)12-23(18,25)4/h8-9,11,14,17-19,28,31H,5-7,10,12-13H2,1-4H3/t14-,17-,18-,19-,22-,23-,24-,25-/m0/s1/i1D3,5D2. The van der Waals surface area contributed by atoms with E-state index in [1.54, 1.807) is 26.0 Å². The molecule has 7 heteroatoms. The van der Waals surface area contributed by atoms with E-state index in [9.17, 15) is 24.6 Å². The number of carbonyl (C=O) groups excluding carboxylic acids is 3. The Hall–Kier alpha value is -1.50. The summed E-state index contributed by atoms with van der Waals surface area (Å²) in [6.45, 7) is 1.03. The molecule has 3 saturated carbocycles. The Labute approximate surface area is 201 Å². The fourth-order valence-corrected chi connectivity index (χ4v) is 7.94. The number of hydrogen-bond donors (Lipinski definition) is 2. The summed E-state index contributed by atoms with van der Waals surface area (Å²) in [5, 5.41) is 23.5. The average Bonchev–Trinajstić information content (AvgIpc) is 2.99. The van der Waals surface area contributed by atoms with Crippen molar-refractivity contribution in [2.75, 3.05) is 6.61 Å². The minimum absolute atomic E-state index is 0.0288. The van der Waals surface area contributed by atoms with Gasteiger partial charge in [-0.3, -0.25) is 14.4 Å². The first-order chi connectivity index (χ1) is 16.8. The molecule has 0 unspecified atom stereocenters. The van der Waals surface area contributed by atoms with Crippen LogP contribution in [0.15, 0.2) is 23.8 Å². The monoisotopic (exact) mass is 469 g/mol. The summed E-state index contributed by atoms with van der Waals surface area (Å²) in [5.74, 6) is -3.91. The minimum atomic E-state index is -3.32. The molecule has 3 fully saturated rings. The molecule has 0 heterocycles. The number of hydrogen-bond acceptors (Lipinski definition) is 6. The van der Waals surface area contributed by atoms with Crippen LogP contribution in [0.2, 0.25) is 0 Å². The Balaban J connectivity index is 1.64. The Bertz CT molecular complexity index is 1100. The van der Waals surface area contributed by atoms with E-state index in [1.807, 2.05) is 6.92 Å². The number of ether oxygens (including phenoxy) is 1. The summed E-state index contributed by atoms with van der Waals surface area (Å²) in [7, 11) is 0. The van der Waals surface area contributed by atoms with E-state index in [-0.39, 0.29) is 24.0 Å². The summed E-state index contributed by atoms with van der Waals surface area (Å²) in [6, 6.07) is 0. The van der Waals surface area contributed by atoms with Gasteiger partial charge in [0.25, 0.3) is 0 Å². The van der Waals surface area contributed by atoms with E-state index in [0.717, 1.165) is 5.57 Å². The number of fused-ring (bicyclic) bond motifs is 5. The summed E-state index contributed by atoms with van der Waals surface area (Å²) < 4.78 is 41.5. The number of halogens is 1. The molecule has 0 aromatic rings. The zero-order chi connectivity index (χ0) is 28.0. The van der Waals surface area contributed by atoms with E-state index in [0.29, 0.717) is 19.3 Å². The van der Waals surface area contributed by atoms with Crippen molar-refractivity contribution in [2.24, 2.45) is 28.6 Å². The quantitative estimate of drug-likeness (QED) is 0.484. The molecule has 8 atom stereocenters. The fourth-order valence-electron chi connectivity index (χ4n) is 7.42. The predicted molar refractivity (Wildman–Crippen MR) is 119 cm³/mol. The number of esters is 1. The van der Waals surface area contributed by atoms with Gasteiger partial charge in [-0.15, -0.1) is 11.6 Å². The molecule has 4 rings (SSSR count). The highest BCUT2D eigenvalue weighted by Gasteiger charge is 2.74. The smallest absolute Gasteiger partial charge is 0.305 e. The lowest BCUT2D eigenvalue weighted by Gasteiger charge is -2.63. The molecule has 32 heavy (non-hydrogen) atoms. The Kier molecular flexibility index (Phi) is 4.20. The van der Waals surface area contributed by atoms with E-state index >= 15 is 0 Å². The Morgan fingerprint density at radius 2 is 2.09 bits per heavy atom. The van der Waals surface area contributed by atoms with E-state index in [1.165, 1.54) is 6.08 Å². The van der Waals surface area contributed by atoms with Crippen LogP contribution in [0, 0.1) is 28.6 Å². The van der Waals surface area contributed by atoms with Crippen molar-refractivity contribution < 1.29 is 36.2 Å². The van der Waals surface area contributed by atoms with E-state index < -0.39 is 64.9 Å². The molecule has 0 saturated heterocycles. The molecule has 176 valence electrons. The van der Waals surface area contributed by atoms with E-state index in [4.69, 9.17) is 23.2 Å². The number of aliphatic hydroxyl groups excluding tert-OH is 1. The molecule has 0 bridgehead atoms. The zero-order valence-electron chi connectivity index (χ0n) is 23.5. The number of rotatable bonds is 4. The van der Waals surface area contributed by atoms with Crippen LogP contribution < -0.4 is 0 Å². The van der Waals surface area contributed by atoms with Crippen molar-refractivity contribution in [3.63, 3.8) is 0 Å². The van der Waals surface area contributed by atoms with Crippen LogP contribution in [0.3, 0.4) is 0 Å². The highest BCUT2D eigenvalue weighted by Crippen LogP contribution is 2.71. The number of ketones is 2. The SMILES string of the molecule is [2H]C([2H])([2H])C([2H])([2H])C(=O)OCC(=O)[C@@]1(O)[C@@H](C)C[C@H]2[C@@H]3CCC4=CC(=O)C=C[C@]4(C)[C@@]3(Cl)[C@@H](O)C[C@@]21C. The predicted octanol–water partition coefficient (Wildman–Crippen LogP) is 3.13. The van der Waals surface area contributed by atoms with Crippen LogP contribution in [0.5, 0.6) is 0 Å². The van der Waals surface area contributed by atoms with Gasteiger partial charge in [-0.1, -0.05) is 39.3 Å². The normalized spacial score (nSPS) is 50.4. The van der Waals surface area contributed by atoms with Gasteiger partial charge in [-0.05, 0) is 55.6 Å². The lowest BCUT2D eigenvalue weighted by molar-refractivity contribution is -0.182. The zero-order valence-corrected chi connectivity index (χ0v) is 19.2. The maximum absolute atomic E-state index is 13.4.